The van der Waals surface area contributed by atoms with Crippen molar-refractivity contribution in [3.8, 4) is 0 Å². The quantitative estimate of drug-likeness (QED) is 0.361. The van der Waals surface area contributed by atoms with E-state index < -0.39 is 29.5 Å². The van der Waals surface area contributed by atoms with Gasteiger partial charge in [-0.25, -0.2) is 4.79 Å². The lowest BCUT2D eigenvalue weighted by Gasteiger charge is -2.36. The largest absolute Gasteiger partial charge is 0.495 e. The number of aryl methyl sites for hydroxylation is 2. The SMILES string of the molecule is CC1=CC2(CCc3ccccc3)c3cc(C)cc(B4OC(C)(C)C(C)(C)O4)c3C1N2C(=O)OC(C)(C)C. The molecule has 0 aliphatic carbocycles. The van der Waals surface area contributed by atoms with Crippen LogP contribution in [0.25, 0.3) is 0 Å². The van der Waals surface area contributed by atoms with Gasteiger partial charge in [-0.3, -0.25) is 4.90 Å². The van der Waals surface area contributed by atoms with Gasteiger partial charge in [-0.1, -0.05) is 54.1 Å². The van der Waals surface area contributed by atoms with Crippen molar-refractivity contribution in [2.24, 2.45) is 0 Å². The summed E-state index contributed by atoms with van der Waals surface area (Å²) >= 11 is 0. The highest BCUT2D eigenvalue weighted by Gasteiger charge is 2.60. The average molecular weight is 501 g/mol. The van der Waals surface area contributed by atoms with Crippen LogP contribution in [0.1, 0.15) is 90.1 Å². The molecule has 6 heteroatoms. The fourth-order valence-corrected chi connectivity index (χ4v) is 6.06. The van der Waals surface area contributed by atoms with E-state index in [4.69, 9.17) is 14.0 Å². The van der Waals surface area contributed by atoms with Crippen molar-refractivity contribution >= 4 is 18.7 Å². The van der Waals surface area contributed by atoms with Gasteiger partial charge in [0.05, 0.1) is 22.8 Å². The number of fused-ring (bicyclic) bond motifs is 5. The first kappa shape index (κ1) is 26.1. The number of carbonyl (C=O) groups is 1. The zero-order valence-corrected chi connectivity index (χ0v) is 23.8. The summed E-state index contributed by atoms with van der Waals surface area (Å²) in [5.74, 6) is 0. The Bertz CT molecular complexity index is 1240. The minimum absolute atomic E-state index is 0.213. The number of benzene rings is 2. The summed E-state index contributed by atoms with van der Waals surface area (Å²) < 4.78 is 19.1. The summed E-state index contributed by atoms with van der Waals surface area (Å²) in [5.41, 5.74) is 4.76. The Morgan fingerprint density at radius 1 is 1.03 bits per heavy atom. The molecular weight excluding hydrogens is 461 g/mol. The lowest BCUT2D eigenvalue weighted by molar-refractivity contribution is 0.00451. The molecule has 1 fully saturated rings. The fraction of sp³-hybridized carbons (Fsp3) is 0.516. The van der Waals surface area contributed by atoms with Crippen molar-refractivity contribution in [2.45, 2.75) is 104 Å². The predicted molar refractivity (Wildman–Crippen MR) is 148 cm³/mol. The Hall–Kier alpha value is -2.57. The number of hydrogen-bond donors (Lipinski definition) is 0. The second-order valence-corrected chi connectivity index (χ2v) is 13.0. The van der Waals surface area contributed by atoms with Gasteiger partial charge in [0.2, 0.25) is 0 Å². The van der Waals surface area contributed by atoms with E-state index in [0.717, 1.165) is 40.6 Å². The van der Waals surface area contributed by atoms with Gasteiger partial charge < -0.3 is 14.0 Å². The summed E-state index contributed by atoms with van der Waals surface area (Å²) in [6.07, 6.45) is 3.62. The first-order valence-corrected chi connectivity index (χ1v) is 13.4. The number of rotatable bonds is 4. The number of carbonyl (C=O) groups excluding carboxylic acids is 1. The fourth-order valence-electron chi connectivity index (χ4n) is 6.06. The normalized spacial score (nSPS) is 25.3. The molecule has 0 saturated carbocycles. The lowest BCUT2D eigenvalue weighted by atomic mass is 9.68. The van der Waals surface area contributed by atoms with Crippen LogP contribution in [0.3, 0.4) is 0 Å². The third-order valence-corrected chi connectivity index (χ3v) is 8.42. The Balaban J connectivity index is 1.65. The smallest absolute Gasteiger partial charge is 0.444 e. The van der Waals surface area contributed by atoms with E-state index in [0.29, 0.717) is 0 Å². The molecule has 37 heavy (non-hydrogen) atoms. The summed E-state index contributed by atoms with van der Waals surface area (Å²) in [7, 11) is -0.502. The highest BCUT2D eigenvalue weighted by Crippen LogP contribution is 2.58. The van der Waals surface area contributed by atoms with Gasteiger partial charge in [-0.2, -0.15) is 0 Å². The molecule has 2 aromatic rings. The lowest BCUT2D eigenvalue weighted by Crippen LogP contribution is -2.45. The van der Waals surface area contributed by atoms with Crippen LogP contribution >= 0.6 is 0 Å². The van der Waals surface area contributed by atoms with Crippen molar-refractivity contribution in [2.75, 3.05) is 0 Å². The maximum absolute atomic E-state index is 13.9. The van der Waals surface area contributed by atoms with E-state index in [1.807, 2.05) is 31.7 Å². The Morgan fingerprint density at radius 3 is 2.24 bits per heavy atom. The molecular formula is C31H40BNO4. The van der Waals surface area contributed by atoms with Gasteiger partial charge in [0, 0.05) is 0 Å². The molecule has 196 valence electrons. The zero-order valence-electron chi connectivity index (χ0n) is 23.8. The van der Waals surface area contributed by atoms with E-state index in [1.165, 1.54) is 5.56 Å². The van der Waals surface area contributed by atoms with Crippen molar-refractivity contribution in [1.82, 2.24) is 4.90 Å². The number of nitrogens with zero attached hydrogens (tertiary/aromatic N) is 1. The summed E-state index contributed by atoms with van der Waals surface area (Å²) in [5, 5.41) is 0. The molecule has 5 rings (SSSR count). The van der Waals surface area contributed by atoms with Gasteiger partial charge in [-0.05, 0) is 103 Å². The third kappa shape index (κ3) is 4.22. The van der Waals surface area contributed by atoms with Gasteiger partial charge in [0.1, 0.15) is 5.60 Å². The summed E-state index contributed by atoms with van der Waals surface area (Å²) in [6.45, 7) is 18.3. The Morgan fingerprint density at radius 2 is 1.65 bits per heavy atom. The number of ether oxygens (including phenoxy) is 1. The first-order chi connectivity index (χ1) is 17.2. The van der Waals surface area contributed by atoms with Crippen LogP contribution in [0.2, 0.25) is 0 Å². The second kappa shape index (κ2) is 8.47. The molecule has 0 spiro atoms. The zero-order chi connectivity index (χ0) is 27.0. The summed E-state index contributed by atoms with van der Waals surface area (Å²) in [4.78, 5) is 15.9. The van der Waals surface area contributed by atoms with Gasteiger partial charge >= 0.3 is 13.2 Å². The highest BCUT2D eigenvalue weighted by atomic mass is 16.7. The van der Waals surface area contributed by atoms with Crippen LogP contribution < -0.4 is 5.46 Å². The van der Waals surface area contributed by atoms with Crippen LogP contribution in [-0.4, -0.2) is 34.9 Å². The Labute approximate surface area is 222 Å². The molecule has 1 saturated heterocycles. The van der Waals surface area contributed by atoms with Crippen LogP contribution in [0.15, 0.2) is 54.1 Å². The second-order valence-electron chi connectivity index (χ2n) is 13.0. The molecule has 2 atom stereocenters. The van der Waals surface area contributed by atoms with Crippen molar-refractivity contribution in [1.29, 1.82) is 0 Å². The molecule has 2 bridgehead atoms. The minimum atomic E-state index is -0.593. The van der Waals surface area contributed by atoms with E-state index in [1.54, 1.807) is 0 Å². The van der Waals surface area contributed by atoms with E-state index in [2.05, 4.69) is 84.0 Å². The van der Waals surface area contributed by atoms with Crippen LogP contribution in [0.4, 0.5) is 4.79 Å². The molecule has 3 aliphatic rings. The standard InChI is InChI=1S/C31H40BNO4/c1-20-17-23-25(24(18-20)32-36-29(6,7)30(8,9)37-32)26-21(2)19-31(23,16-15-22-13-11-10-12-14-22)33(26)27(34)35-28(3,4)5/h10-14,17-19,26H,15-16H2,1-9H3. The monoisotopic (exact) mass is 501 g/mol. The van der Waals surface area contributed by atoms with Gasteiger partial charge in [0.25, 0.3) is 0 Å². The summed E-state index contributed by atoms with van der Waals surface area (Å²) in [6, 6.07) is 14.7. The average Bonchev–Trinajstić information content (AvgIpc) is 3.31. The molecule has 3 aliphatic heterocycles. The molecule has 3 heterocycles. The van der Waals surface area contributed by atoms with Crippen molar-refractivity contribution in [3.63, 3.8) is 0 Å². The van der Waals surface area contributed by atoms with Crippen LogP contribution in [0.5, 0.6) is 0 Å². The maximum atomic E-state index is 13.9. The number of amides is 1. The van der Waals surface area contributed by atoms with Crippen molar-refractivity contribution in [3.05, 3.63) is 76.4 Å². The predicted octanol–water partition coefficient (Wildman–Crippen LogP) is 6.37. The molecule has 0 N–H and O–H groups in total. The van der Waals surface area contributed by atoms with Crippen molar-refractivity contribution < 1.29 is 18.8 Å². The highest BCUT2D eigenvalue weighted by molar-refractivity contribution is 6.62. The number of hydrogen-bond acceptors (Lipinski definition) is 4. The van der Waals surface area contributed by atoms with E-state index >= 15 is 0 Å². The topological polar surface area (TPSA) is 48.0 Å². The molecule has 0 radical (unpaired) electrons. The third-order valence-electron chi connectivity index (χ3n) is 8.42. The van der Waals surface area contributed by atoms with Gasteiger partial charge in [-0.15, -0.1) is 0 Å². The van der Waals surface area contributed by atoms with Gasteiger partial charge in [0.15, 0.2) is 0 Å². The maximum Gasteiger partial charge on any atom is 0.495 e. The molecule has 1 amide bonds. The van der Waals surface area contributed by atoms with E-state index in [-0.39, 0.29) is 12.1 Å². The van der Waals surface area contributed by atoms with E-state index in [9.17, 15) is 4.79 Å². The molecule has 0 aromatic heterocycles. The molecule has 5 nitrogen and oxygen atoms in total. The minimum Gasteiger partial charge on any atom is -0.444 e. The molecule has 2 aromatic carbocycles. The van der Waals surface area contributed by atoms with Crippen LogP contribution in [-0.2, 0) is 26.0 Å². The first-order valence-electron chi connectivity index (χ1n) is 13.4. The van der Waals surface area contributed by atoms with Crippen LogP contribution in [0, 0.1) is 6.92 Å². The molecule has 2 unspecified atom stereocenters. The Kier molecular flexibility index (Phi) is 5.97.